The molecule has 0 aromatic carbocycles. The molecule has 3 N–H and O–H groups in total. The maximum absolute atomic E-state index is 12.8. The van der Waals surface area contributed by atoms with Crippen LogP contribution in [-0.2, 0) is 11.8 Å². The van der Waals surface area contributed by atoms with Crippen LogP contribution in [-0.4, -0.2) is 52.7 Å². The van der Waals surface area contributed by atoms with E-state index in [1.54, 1.807) is 19.2 Å². The minimum Gasteiger partial charge on any atom is -0.396 e. The lowest BCUT2D eigenvalue weighted by Crippen LogP contribution is -2.28. The third-order valence-corrected chi connectivity index (χ3v) is 7.64. The molecule has 11 nitrogen and oxygen atoms in total. The Bertz CT molecular complexity index is 1450. The molecule has 4 heterocycles. The number of imidazole rings is 1. The van der Waals surface area contributed by atoms with Gasteiger partial charge in [-0.25, -0.2) is 24.9 Å². The number of aliphatic hydroxyl groups excluding tert-OH is 1. The second-order valence-corrected chi connectivity index (χ2v) is 10.3. The van der Waals surface area contributed by atoms with Gasteiger partial charge in [-0.2, -0.15) is 0 Å². The Balaban J connectivity index is 1.32. The fourth-order valence-electron chi connectivity index (χ4n) is 4.90. The number of nitrogens with zero attached hydrogens (tertiary/aromatic N) is 6. The highest BCUT2D eigenvalue weighted by Crippen LogP contribution is 2.57. The zero-order valence-electron chi connectivity index (χ0n) is 21.1. The summed E-state index contributed by atoms with van der Waals surface area (Å²) in [6, 6.07) is 1.20. The number of aromatic nitrogens is 7. The van der Waals surface area contributed by atoms with Gasteiger partial charge in [0.25, 0.3) is 5.91 Å². The Hall–Kier alpha value is -3.44. The number of hydrogen-bond donors (Lipinski definition) is 3. The van der Waals surface area contributed by atoms with Crippen LogP contribution in [0.1, 0.15) is 74.3 Å². The van der Waals surface area contributed by atoms with E-state index in [4.69, 9.17) is 26.2 Å². The molecule has 1 amide bonds. The first-order valence-electron chi connectivity index (χ1n) is 12.4. The predicted octanol–water partition coefficient (Wildman–Crippen LogP) is 3.80. The van der Waals surface area contributed by atoms with Gasteiger partial charge >= 0.3 is 0 Å². The molecule has 5 rings (SSSR count). The second kappa shape index (κ2) is 9.79. The molecule has 12 heteroatoms. The van der Waals surface area contributed by atoms with Crippen LogP contribution in [0.5, 0.6) is 0 Å². The lowest BCUT2D eigenvalue weighted by molar-refractivity contribution is 0.0928. The molecule has 1 aliphatic rings. The molecule has 1 saturated carbocycles. The smallest absolute Gasteiger partial charge is 0.272 e. The SMILES string of the molecule is CC(C)C1(c2ncc3[nH]c(-c4cc([C@@H](C)NC(=O)c5ncnc(CCCO)c5Cl)on4)nc3n2)CC1C. The highest BCUT2D eigenvalue weighted by Gasteiger charge is 2.56. The summed E-state index contributed by atoms with van der Waals surface area (Å²) < 4.78 is 5.50. The summed E-state index contributed by atoms with van der Waals surface area (Å²) in [6.45, 7) is 8.42. The van der Waals surface area contributed by atoms with Gasteiger partial charge in [-0.05, 0) is 38.0 Å². The topological polar surface area (TPSA) is 156 Å². The molecular formula is C25H29ClN8O3. The van der Waals surface area contributed by atoms with Crippen molar-refractivity contribution in [3.8, 4) is 11.5 Å². The van der Waals surface area contributed by atoms with E-state index < -0.39 is 11.9 Å². The fourth-order valence-corrected chi connectivity index (χ4v) is 5.18. The summed E-state index contributed by atoms with van der Waals surface area (Å²) >= 11 is 6.33. The minimum atomic E-state index is -0.515. The van der Waals surface area contributed by atoms with E-state index in [1.807, 2.05) is 0 Å². The first kappa shape index (κ1) is 25.2. The van der Waals surface area contributed by atoms with Gasteiger partial charge in [-0.1, -0.05) is 37.5 Å². The molecule has 37 heavy (non-hydrogen) atoms. The van der Waals surface area contributed by atoms with Crippen molar-refractivity contribution in [2.45, 2.75) is 58.4 Å². The number of fused-ring (bicyclic) bond motifs is 1. The van der Waals surface area contributed by atoms with E-state index in [1.165, 1.54) is 6.33 Å². The van der Waals surface area contributed by atoms with E-state index in [-0.39, 0.29) is 22.7 Å². The summed E-state index contributed by atoms with van der Waals surface area (Å²) in [5.74, 6) is 2.29. The van der Waals surface area contributed by atoms with Gasteiger partial charge in [0, 0.05) is 18.1 Å². The molecule has 3 atom stereocenters. The predicted molar refractivity (Wildman–Crippen MR) is 136 cm³/mol. The van der Waals surface area contributed by atoms with Crippen LogP contribution < -0.4 is 5.32 Å². The average Bonchev–Trinajstić information content (AvgIpc) is 3.22. The van der Waals surface area contributed by atoms with Crippen molar-refractivity contribution in [2.75, 3.05) is 6.61 Å². The zero-order chi connectivity index (χ0) is 26.3. The van der Waals surface area contributed by atoms with Crippen molar-refractivity contribution in [2.24, 2.45) is 11.8 Å². The Labute approximate surface area is 218 Å². The molecule has 0 radical (unpaired) electrons. The maximum atomic E-state index is 12.8. The Morgan fingerprint density at radius 3 is 2.78 bits per heavy atom. The van der Waals surface area contributed by atoms with Crippen LogP contribution >= 0.6 is 11.6 Å². The summed E-state index contributed by atoms with van der Waals surface area (Å²) in [4.78, 5) is 38.2. The number of nitrogens with one attached hydrogen (secondary N) is 2. The number of carbonyl (C=O) groups excluding carboxylic acids is 1. The minimum absolute atomic E-state index is 0.00359. The molecule has 194 valence electrons. The van der Waals surface area contributed by atoms with Crippen molar-refractivity contribution in [1.82, 2.24) is 40.4 Å². The first-order chi connectivity index (χ1) is 17.7. The third-order valence-electron chi connectivity index (χ3n) is 7.24. The number of aromatic amines is 1. The van der Waals surface area contributed by atoms with Crippen LogP contribution in [0.2, 0.25) is 5.02 Å². The normalized spacial score (nSPS) is 19.9. The second-order valence-electron chi connectivity index (χ2n) is 9.94. The monoisotopic (exact) mass is 524 g/mol. The van der Waals surface area contributed by atoms with Gasteiger partial charge in [0.05, 0.1) is 23.0 Å². The van der Waals surface area contributed by atoms with Gasteiger partial charge in [0.2, 0.25) is 0 Å². The number of aliphatic hydroxyl groups is 1. The molecular weight excluding hydrogens is 496 g/mol. The van der Waals surface area contributed by atoms with Crippen LogP contribution in [0.3, 0.4) is 0 Å². The van der Waals surface area contributed by atoms with E-state index in [0.29, 0.717) is 58.8 Å². The molecule has 0 aliphatic heterocycles. The summed E-state index contributed by atoms with van der Waals surface area (Å²) in [7, 11) is 0. The standard InChI is InChI=1S/C25H29ClN8O3/c1-12(2)25(9-13(25)3)24-27-10-17-22(33-24)32-21(31-17)16-8-18(37-34-16)14(4)30-23(36)20-19(26)15(6-5-7-35)28-11-29-20/h8,10-14,35H,5-7,9H2,1-4H3,(H,30,36)(H,27,31,32,33)/t13?,14-,25?/m1/s1. The van der Waals surface area contributed by atoms with Crippen LogP contribution in [0, 0.1) is 11.8 Å². The summed E-state index contributed by atoms with van der Waals surface area (Å²) in [6.07, 6.45) is 5.07. The van der Waals surface area contributed by atoms with E-state index in [2.05, 4.69) is 56.2 Å². The van der Waals surface area contributed by atoms with Crippen LogP contribution in [0.25, 0.3) is 22.7 Å². The third kappa shape index (κ3) is 4.57. The van der Waals surface area contributed by atoms with Crippen molar-refractivity contribution < 1.29 is 14.4 Å². The first-order valence-corrected chi connectivity index (χ1v) is 12.7. The maximum Gasteiger partial charge on any atom is 0.272 e. The van der Waals surface area contributed by atoms with Crippen molar-refractivity contribution in [1.29, 1.82) is 0 Å². The number of carbonyl (C=O) groups is 1. The number of rotatable bonds is 9. The number of H-pyrrole nitrogens is 1. The van der Waals surface area contributed by atoms with E-state index in [9.17, 15) is 4.79 Å². The van der Waals surface area contributed by atoms with Gasteiger partial charge in [0.15, 0.2) is 17.2 Å². The lowest BCUT2D eigenvalue weighted by Gasteiger charge is -2.19. The molecule has 1 aliphatic carbocycles. The van der Waals surface area contributed by atoms with Crippen molar-refractivity contribution in [3.63, 3.8) is 0 Å². The van der Waals surface area contributed by atoms with Crippen LogP contribution in [0.15, 0.2) is 23.1 Å². The van der Waals surface area contributed by atoms with Crippen LogP contribution in [0.4, 0.5) is 0 Å². The Morgan fingerprint density at radius 2 is 2.08 bits per heavy atom. The highest BCUT2D eigenvalue weighted by molar-refractivity contribution is 6.34. The van der Waals surface area contributed by atoms with Gasteiger partial charge < -0.3 is 19.9 Å². The molecule has 0 bridgehead atoms. The van der Waals surface area contributed by atoms with Gasteiger partial charge in [0.1, 0.15) is 29.1 Å². The van der Waals surface area contributed by atoms with E-state index in [0.717, 1.165) is 12.2 Å². The number of aryl methyl sites for hydroxylation is 1. The van der Waals surface area contributed by atoms with Gasteiger partial charge in [-0.15, -0.1) is 0 Å². The Kier molecular flexibility index (Phi) is 6.67. The summed E-state index contributed by atoms with van der Waals surface area (Å²) in [5.41, 5.74) is 2.37. The van der Waals surface area contributed by atoms with Crippen molar-refractivity contribution in [3.05, 3.63) is 46.6 Å². The molecule has 1 fully saturated rings. The molecule has 2 unspecified atom stereocenters. The molecule has 4 aromatic heterocycles. The van der Waals surface area contributed by atoms with Gasteiger partial charge in [-0.3, -0.25) is 4.79 Å². The summed E-state index contributed by atoms with van der Waals surface area (Å²) in [5, 5.41) is 16.2. The number of hydrogen-bond acceptors (Lipinski definition) is 9. The molecule has 4 aromatic rings. The number of amides is 1. The Morgan fingerprint density at radius 1 is 1.30 bits per heavy atom. The quantitative estimate of drug-likeness (QED) is 0.296. The fraction of sp³-hybridized carbons (Fsp3) is 0.480. The largest absolute Gasteiger partial charge is 0.396 e. The number of halogens is 1. The zero-order valence-corrected chi connectivity index (χ0v) is 21.9. The van der Waals surface area contributed by atoms with E-state index >= 15 is 0 Å². The highest BCUT2D eigenvalue weighted by atomic mass is 35.5. The average molecular weight is 525 g/mol. The van der Waals surface area contributed by atoms with Crippen molar-refractivity contribution >= 4 is 28.7 Å². The molecule has 0 saturated heterocycles. The molecule has 0 spiro atoms. The lowest BCUT2D eigenvalue weighted by atomic mass is 9.89.